The van der Waals surface area contributed by atoms with Gasteiger partial charge in [0.05, 0.1) is 13.2 Å². The molecule has 0 radical (unpaired) electrons. The van der Waals surface area contributed by atoms with Crippen LogP contribution in [-0.2, 0) is 24.4 Å². The van der Waals surface area contributed by atoms with E-state index in [1.165, 1.54) is 49.0 Å². The molecule has 0 aromatic heterocycles. The van der Waals surface area contributed by atoms with Crippen LogP contribution in [0.3, 0.4) is 0 Å². The first-order valence-electron chi connectivity index (χ1n) is 11.2. The summed E-state index contributed by atoms with van der Waals surface area (Å²) in [4.78, 5) is 17.7. The van der Waals surface area contributed by atoms with Gasteiger partial charge in [0.1, 0.15) is 0 Å². The highest BCUT2D eigenvalue weighted by molar-refractivity contribution is 5.94. The number of carbonyl (C=O) groups excluding carboxylic acids is 1. The molecule has 2 fully saturated rings. The maximum absolute atomic E-state index is 12.8. The largest absolute Gasteiger partial charge is 0.379 e. The molecule has 0 spiro atoms. The van der Waals surface area contributed by atoms with E-state index >= 15 is 0 Å². The van der Waals surface area contributed by atoms with Crippen molar-refractivity contribution in [3.63, 3.8) is 0 Å². The van der Waals surface area contributed by atoms with Crippen LogP contribution in [0.5, 0.6) is 0 Å². The Hall–Kier alpha value is -2.21. The van der Waals surface area contributed by atoms with Crippen molar-refractivity contribution in [2.24, 2.45) is 0 Å². The van der Waals surface area contributed by atoms with Crippen molar-refractivity contribution in [1.29, 1.82) is 0 Å². The molecule has 1 amide bonds. The monoisotopic (exact) mass is 407 g/mol. The molecule has 160 valence electrons. The molecule has 2 aromatic rings. The summed E-state index contributed by atoms with van der Waals surface area (Å²) in [6.07, 6.45) is 3.93. The topological polar surface area (TPSA) is 44.8 Å². The van der Waals surface area contributed by atoms with Crippen molar-refractivity contribution < 1.29 is 9.53 Å². The van der Waals surface area contributed by atoms with E-state index < -0.39 is 0 Å². The second-order valence-corrected chi connectivity index (χ2v) is 8.38. The third-order valence-electron chi connectivity index (χ3n) is 6.10. The minimum atomic E-state index is -0.00777. The Kier molecular flexibility index (Phi) is 7.51. The van der Waals surface area contributed by atoms with Gasteiger partial charge in [0.25, 0.3) is 5.91 Å². The summed E-state index contributed by atoms with van der Waals surface area (Å²) in [7, 11) is 0. The number of amides is 1. The van der Waals surface area contributed by atoms with Gasteiger partial charge in [-0.1, -0.05) is 42.8 Å². The van der Waals surface area contributed by atoms with Crippen molar-refractivity contribution in [3.05, 3.63) is 70.8 Å². The summed E-state index contributed by atoms with van der Waals surface area (Å²) < 4.78 is 5.42. The highest BCUT2D eigenvalue weighted by atomic mass is 16.5. The summed E-state index contributed by atoms with van der Waals surface area (Å²) in [5.74, 6) is -0.00777. The number of carbonyl (C=O) groups is 1. The number of benzene rings is 2. The molecule has 5 nitrogen and oxygen atoms in total. The lowest BCUT2D eigenvalue weighted by Gasteiger charge is -2.27. The van der Waals surface area contributed by atoms with Crippen LogP contribution < -0.4 is 5.32 Å². The number of morpholine rings is 1. The van der Waals surface area contributed by atoms with Crippen molar-refractivity contribution in [1.82, 2.24) is 15.1 Å². The Balaban J connectivity index is 1.35. The van der Waals surface area contributed by atoms with Gasteiger partial charge in [-0.3, -0.25) is 14.6 Å². The SMILES string of the molecule is O=C(NCc1ccccc1CN1CCCCC1)c1cccc(CN2CCOCC2)c1. The smallest absolute Gasteiger partial charge is 0.251 e. The molecular formula is C25H33N3O2. The first-order valence-corrected chi connectivity index (χ1v) is 11.2. The predicted octanol–water partition coefficient (Wildman–Crippen LogP) is 3.43. The van der Waals surface area contributed by atoms with Crippen molar-refractivity contribution >= 4 is 5.91 Å². The fourth-order valence-corrected chi connectivity index (χ4v) is 4.35. The molecule has 4 rings (SSSR count). The number of hydrogen-bond acceptors (Lipinski definition) is 4. The molecule has 5 heteroatoms. The predicted molar refractivity (Wildman–Crippen MR) is 119 cm³/mol. The Morgan fingerprint density at radius 1 is 0.833 bits per heavy atom. The Morgan fingerprint density at radius 2 is 1.57 bits per heavy atom. The Morgan fingerprint density at radius 3 is 2.37 bits per heavy atom. The van der Waals surface area contributed by atoms with Crippen molar-refractivity contribution in [2.45, 2.75) is 38.9 Å². The summed E-state index contributed by atoms with van der Waals surface area (Å²) in [5, 5.41) is 3.13. The maximum Gasteiger partial charge on any atom is 0.251 e. The average molecular weight is 408 g/mol. The van der Waals surface area contributed by atoms with Crippen LogP contribution >= 0.6 is 0 Å². The minimum absolute atomic E-state index is 0.00777. The minimum Gasteiger partial charge on any atom is -0.379 e. The van der Waals surface area contributed by atoms with E-state index in [9.17, 15) is 4.79 Å². The van der Waals surface area contributed by atoms with Gasteiger partial charge >= 0.3 is 0 Å². The first kappa shape index (κ1) is 21.0. The third kappa shape index (κ3) is 5.91. The molecule has 30 heavy (non-hydrogen) atoms. The molecule has 0 unspecified atom stereocenters. The first-order chi connectivity index (χ1) is 14.8. The zero-order valence-electron chi connectivity index (χ0n) is 17.8. The van der Waals surface area contributed by atoms with E-state index in [2.05, 4.69) is 45.4 Å². The quantitative estimate of drug-likeness (QED) is 0.764. The summed E-state index contributed by atoms with van der Waals surface area (Å²) in [6.45, 7) is 8.23. The third-order valence-corrected chi connectivity index (χ3v) is 6.10. The van der Waals surface area contributed by atoms with Gasteiger partial charge in [0.15, 0.2) is 0 Å². The van der Waals surface area contributed by atoms with Crippen LogP contribution in [0.4, 0.5) is 0 Å². The van der Waals surface area contributed by atoms with E-state index in [0.29, 0.717) is 6.54 Å². The Bertz CT molecular complexity index is 827. The van der Waals surface area contributed by atoms with E-state index in [1.807, 2.05) is 18.2 Å². The highest BCUT2D eigenvalue weighted by Crippen LogP contribution is 2.16. The highest BCUT2D eigenvalue weighted by Gasteiger charge is 2.14. The molecule has 0 bridgehead atoms. The fraction of sp³-hybridized carbons (Fsp3) is 0.480. The van der Waals surface area contributed by atoms with Gasteiger partial charge < -0.3 is 10.1 Å². The lowest BCUT2D eigenvalue weighted by molar-refractivity contribution is 0.0342. The summed E-state index contributed by atoms with van der Waals surface area (Å²) in [5.41, 5.74) is 4.44. The average Bonchev–Trinajstić information content (AvgIpc) is 2.80. The number of likely N-dealkylation sites (tertiary alicyclic amines) is 1. The van der Waals surface area contributed by atoms with Crippen LogP contribution in [0.2, 0.25) is 0 Å². The molecule has 2 heterocycles. The molecule has 2 saturated heterocycles. The van der Waals surface area contributed by atoms with Gasteiger partial charge in [-0.25, -0.2) is 0 Å². The van der Waals surface area contributed by atoms with Crippen LogP contribution in [0.25, 0.3) is 0 Å². The molecular weight excluding hydrogens is 374 g/mol. The van der Waals surface area contributed by atoms with Crippen LogP contribution in [-0.4, -0.2) is 55.1 Å². The van der Waals surface area contributed by atoms with Gasteiger partial charge in [-0.15, -0.1) is 0 Å². The standard InChI is InChI=1S/C25H33N3O2/c29-25(22-10-6-7-21(17-22)19-28-13-15-30-16-14-28)26-18-23-8-2-3-9-24(23)20-27-11-4-1-5-12-27/h2-3,6-10,17H,1,4-5,11-16,18-20H2,(H,26,29). The van der Waals surface area contributed by atoms with Crippen LogP contribution in [0, 0.1) is 0 Å². The molecule has 2 aromatic carbocycles. The van der Waals surface area contributed by atoms with Gasteiger partial charge in [-0.05, 0) is 54.8 Å². The Labute approximate surface area is 180 Å². The number of nitrogens with zero attached hydrogens (tertiary/aromatic N) is 2. The normalized spacial score (nSPS) is 18.3. The zero-order valence-corrected chi connectivity index (χ0v) is 17.8. The second kappa shape index (κ2) is 10.7. The van der Waals surface area contributed by atoms with Crippen LogP contribution in [0.1, 0.15) is 46.3 Å². The summed E-state index contributed by atoms with van der Waals surface area (Å²) in [6, 6.07) is 16.5. The summed E-state index contributed by atoms with van der Waals surface area (Å²) >= 11 is 0. The van der Waals surface area contributed by atoms with Gasteiger partial charge in [0.2, 0.25) is 0 Å². The second-order valence-electron chi connectivity index (χ2n) is 8.38. The van der Waals surface area contributed by atoms with E-state index in [0.717, 1.165) is 45.0 Å². The fourth-order valence-electron chi connectivity index (χ4n) is 4.35. The van der Waals surface area contributed by atoms with Crippen LogP contribution in [0.15, 0.2) is 48.5 Å². The number of rotatable bonds is 7. The molecule has 0 saturated carbocycles. The van der Waals surface area contributed by atoms with Crippen molar-refractivity contribution in [2.75, 3.05) is 39.4 Å². The number of nitrogens with one attached hydrogen (secondary N) is 1. The lowest BCUT2D eigenvalue weighted by Crippen LogP contribution is -2.35. The zero-order chi connectivity index (χ0) is 20.6. The number of piperidine rings is 1. The van der Waals surface area contributed by atoms with Crippen molar-refractivity contribution in [3.8, 4) is 0 Å². The molecule has 2 aliphatic heterocycles. The molecule has 2 aliphatic rings. The van der Waals surface area contributed by atoms with E-state index in [4.69, 9.17) is 4.74 Å². The molecule has 1 N–H and O–H groups in total. The number of ether oxygens (including phenoxy) is 1. The number of hydrogen-bond donors (Lipinski definition) is 1. The van der Waals surface area contributed by atoms with E-state index in [-0.39, 0.29) is 5.91 Å². The van der Waals surface area contributed by atoms with Gasteiger partial charge in [-0.2, -0.15) is 0 Å². The lowest BCUT2D eigenvalue weighted by atomic mass is 10.0. The molecule has 0 atom stereocenters. The maximum atomic E-state index is 12.8. The molecule has 0 aliphatic carbocycles. The van der Waals surface area contributed by atoms with E-state index in [1.54, 1.807) is 0 Å². The van der Waals surface area contributed by atoms with Gasteiger partial charge in [0, 0.05) is 38.3 Å².